The van der Waals surface area contributed by atoms with Crippen LogP contribution in [-0.2, 0) is 11.3 Å². The van der Waals surface area contributed by atoms with Gasteiger partial charge in [-0.2, -0.15) is 0 Å². The van der Waals surface area contributed by atoms with E-state index in [0.717, 1.165) is 24.2 Å². The second kappa shape index (κ2) is 5.98. The molecule has 0 saturated heterocycles. The Balaban J connectivity index is 1.72. The van der Waals surface area contributed by atoms with E-state index in [1.54, 1.807) is 7.11 Å². The molecule has 0 amide bonds. The van der Waals surface area contributed by atoms with Crippen molar-refractivity contribution in [2.75, 3.05) is 20.3 Å². The fourth-order valence-electron chi connectivity index (χ4n) is 2.13. The Morgan fingerprint density at radius 2 is 2.24 bits per heavy atom. The highest BCUT2D eigenvalue weighted by Crippen LogP contribution is 2.48. The molecule has 0 radical (unpaired) electrons. The SMILES string of the molecule is COCCC1(CNCc2cccc(Br)c2)CC1. The monoisotopic (exact) mass is 297 g/mol. The molecule has 1 aromatic rings. The Hall–Kier alpha value is -0.380. The van der Waals surface area contributed by atoms with E-state index < -0.39 is 0 Å². The maximum absolute atomic E-state index is 5.16. The van der Waals surface area contributed by atoms with Crippen molar-refractivity contribution in [1.29, 1.82) is 0 Å². The zero-order valence-corrected chi connectivity index (χ0v) is 11.9. The van der Waals surface area contributed by atoms with E-state index in [1.807, 2.05) is 0 Å². The van der Waals surface area contributed by atoms with Gasteiger partial charge in [0.15, 0.2) is 0 Å². The summed E-state index contributed by atoms with van der Waals surface area (Å²) in [6.45, 7) is 2.95. The second-order valence-electron chi connectivity index (χ2n) is 4.98. The van der Waals surface area contributed by atoms with Crippen LogP contribution < -0.4 is 5.32 Å². The molecule has 0 aromatic heterocycles. The number of rotatable bonds is 7. The smallest absolute Gasteiger partial charge is 0.0468 e. The van der Waals surface area contributed by atoms with Crippen LogP contribution in [0, 0.1) is 5.41 Å². The van der Waals surface area contributed by atoms with E-state index in [0.29, 0.717) is 5.41 Å². The molecular weight excluding hydrogens is 278 g/mol. The number of hydrogen-bond acceptors (Lipinski definition) is 2. The van der Waals surface area contributed by atoms with Crippen molar-refractivity contribution in [3.8, 4) is 0 Å². The normalized spacial score (nSPS) is 17.1. The lowest BCUT2D eigenvalue weighted by Crippen LogP contribution is -2.24. The van der Waals surface area contributed by atoms with E-state index in [1.165, 1.54) is 24.8 Å². The molecule has 94 valence electrons. The lowest BCUT2D eigenvalue weighted by molar-refractivity contribution is 0.171. The minimum absolute atomic E-state index is 0.530. The molecule has 3 heteroatoms. The Kier molecular flexibility index (Phi) is 4.60. The molecule has 1 aliphatic carbocycles. The molecule has 1 aliphatic rings. The third kappa shape index (κ3) is 4.09. The molecular formula is C14H20BrNO. The van der Waals surface area contributed by atoms with Crippen molar-refractivity contribution in [3.05, 3.63) is 34.3 Å². The van der Waals surface area contributed by atoms with Gasteiger partial charge in [-0.15, -0.1) is 0 Å². The Labute approximate surface area is 112 Å². The number of nitrogens with one attached hydrogen (secondary N) is 1. The van der Waals surface area contributed by atoms with E-state index in [4.69, 9.17) is 4.74 Å². The average Bonchev–Trinajstić information content (AvgIpc) is 3.07. The molecule has 0 unspecified atom stereocenters. The van der Waals surface area contributed by atoms with Crippen molar-refractivity contribution in [3.63, 3.8) is 0 Å². The summed E-state index contributed by atoms with van der Waals surface area (Å²) in [5, 5.41) is 3.56. The van der Waals surface area contributed by atoms with Crippen LogP contribution >= 0.6 is 15.9 Å². The Morgan fingerprint density at radius 3 is 2.88 bits per heavy atom. The largest absolute Gasteiger partial charge is 0.385 e. The first-order valence-electron chi connectivity index (χ1n) is 6.18. The number of hydrogen-bond donors (Lipinski definition) is 1. The highest BCUT2D eigenvalue weighted by molar-refractivity contribution is 9.10. The maximum Gasteiger partial charge on any atom is 0.0468 e. The lowest BCUT2D eigenvalue weighted by atomic mass is 10.0. The van der Waals surface area contributed by atoms with Gasteiger partial charge >= 0.3 is 0 Å². The third-order valence-corrected chi connectivity index (χ3v) is 4.01. The van der Waals surface area contributed by atoms with Crippen LogP contribution in [0.3, 0.4) is 0 Å². The van der Waals surface area contributed by atoms with E-state index in [9.17, 15) is 0 Å². The van der Waals surface area contributed by atoms with Crippen LogP contribution in [0.1, 0.15) is 24.8 Å². The molecule has 0 bridgehead atoms. The zero-order chi connectivity index (χ0) is 12.1. The first kappa shape index (κ1) is 13.1. The molecule has 17 heavy (non-hydrogen) atoms. The molecule has 0 atom stereocenters. The highest BCUT2D eigenvalue weighted by atomic mass is 79.9. The Morgan fingerprint density at radius 1 is 1.41 bits per heavy atom. The molecule has 2 nitrogen and oxygen atoms in total. The summed E-state index contributed by atoms with van der Waals surface area (Å²) in [4.78, 5) is 0. The molecule has 1 saturated carbocycles. The summed E-state index contributed by atoms with van der Waals surface area (Å²) >= 11 is 3.50. The van der Waals surface area contributed by atoms with Gasteiger partial charge < -0.3 is 10.1 Å². The molecule has 0 heterocycles. The standard InChI is InChI=1S/C14H20BrNO/c1-17-8-7-14(5-6-14)11-16-10-12-3-2-4-13(15)9-12/h2-4,9,16H,5-8,10-11H2,1H3. The van der Waals surface area contributed by atoms with Gasteiger partial charge in [0.1, 0.15) is 0 Å². The van der Waals surface area contributed by atoms with Gasteiger partial charge in [-0.1, -0.05) is 28.1 Å². The average molecular weight is 298 g/mol. The number of ether oxygens (including phenoxy) is 1. The molecule has 0 aliphatic heterocycles. The first-order valence-corrected chi connectivity index (χ1v) is 6.98. The van der Waals surface area contributed by atoms with Crippen LogP contribution in [0.25, 0.3) is 0 Å². The maximum atomic E-state index is 5.16. The van der Waals surface area contributed by atoms with Gasteiger partial charge in [0.05, 0.1) is 0 Å². The second-order valence-corrected chi connectivity index (χ2v) is 5.89. The van der Waals surface area contributed by atoms with Crippen molar-refractivity contribution in [2.24, 2.45) is 5.41 Å². The number of methoxy groups -OCH3 is 1. The number of halogens is 1. The summed E-state index contributed by atoms with van der Waals surface area (Å²) in [5.41, 5.74) is 1.86. The van der Waals surface area contributed by atoms with Crippen molar-refractivity contribution >= 4 is 15.9 Å². The van der Waals surface area contributed by atoms with E-state index in [2.05, 4.69) is 45.5 Å². The van der Waals surface area contributed by atoms with E-state index in [-0.39, 0.29) is 0 Å². The topological polar surface area (TPSA) is 21.3 Å². The third-order valence-electron chi connectivity index (χ3n) is 3.51. The fraction of sp³-hybridized carbons (Fsp3) is 0.571. The van der Waals surface area contributed by atoms with Crippen molar-refractivity contribution in [2.45, 2.75) is 25.8 Å². The quantitative estimate of drug-likeness (QED) is 0.833. The van der Waals surface area contributed by atoms with Crippen LogP contribution in [-0.4, -0.2) is 20.3 Å². The van der Waals surface area contributed by atoms with Gasteiger partial charge in [-0.05, 0) is 42.4 Å². The van der Waals surface area contributed by atoms with Crippen LogP contribution in [0.4, 0.5) is 0 Å². The van der Waals surface area contributed by atoms with Gasteiger partial charge in [-0.3, -0.25) is 0 Å². The van der Waals surface area contributed by atoms with E-state index >= 15 is 0 Å². The lowest BCUT2D eigenvalue weighted by Gasteiger charge is -2.15. The van der Waals surface area contributed by atoms with Gasteiger partial charge in [0.2, 0.25) is 0 Å². The summed E-state index contributed by atoms with van der Waals surface area (Å²) in [5.74, 6) is 0. The summed E-state index contributed by atoms with van der Waals surface area (Å²) < 4.78 is 6.31. The minimum Gasteiger partial charge on any atom is -0.385 e. The first-order chi connectivity index (χ1) is 8.24. The number of benzene rings is 1. The minimum atomic E-state index is 0.530. The van der Waals surface area contributed by atoms with Crippen LogP contribution in [0.2, 0.25) is 0 Å². The molecule has 1 aromatic carbocycles. The summed E-state index contributed by atoms with van der Waals surface area (Å²) in [7, 11) is 1.78. The highest BCUT2D eigenvalue weighted by Gasteiger charge is 2.41. The predicted molar refractivity (Wildman–Crippen MR) is 74.0 cm³/mol. The van der Waals surface area contributed by atoms with Crippen molar-refractivity contribution < 1.29 is 4.74 Å². The molecule has 1 N–H and O–H groups in total. The Bertz CT molecular complexity index is 363. The van der Waals surface area contributed by atoms with Gasteiger partial charge in [0.25, 0.3) is 0 Å². The summed E-state index contributed by atoms with van der Waals surface area (Å²) in [6, 6.07) is 8.47. The van der Waals surface area contributed by atoms with Crippen LogP contribution in [0.15, 0.2) is 28.7 Å². The van der Waals surface area contributed by atoms with Crippen LogP contribution in [0.5, 0.6) is 0 Å². The molecule has 2 rings (SSSR count). The predicted octanol–water partition coefficient (Wildman–Crippen LogP) is 3.36. The summed E-state index contributed by atoms with van der Waals surface area (Å²) in [6.07, 6.45) is 3.89. The van der Waals surface area contributed by atoms with Crippen molar-refractivity contribution in [1.82, 2.24) is 5.32 Å². The van der Waals surface area contributed by atoms with Gasteiger partial charge in [-0.25, -0.2) is 0 Å². The molecule has 0 spiro atoms. The molecule has 1 fully saturated rings. The fourth-order valence-corrected chi connectivity index (χ4v) is 2.58. The van der Waals surface area contributed by atoms with Gasteiger partial charge in [0, 0.05) is 31.3 Å². The zero-order valence-electron chi connectivity index (χ0n) is 10.3.